The molecule has 2 fully saturated rings. The molecule has 4 rings (SSSR count). The molecule has 2 heterocycles. The van der Waals surface area contributed by atoms with E-state index in [1.54, 1.807) is 23.1 Å². The normalized spacial score (nSPS) is 20.2. The number of likely N-dealkylation sites (tertiary alicyclic amines) is 2. The number of benzene rings is 2. The minimum Gasteiger partial charge on any atom is -0.467 e. The molecule has 0 aliphatic carbocycles. The van der Waals surface area contributed by atoms with E-state index in [1.807, 2.05) is 12.1 Å². The fraction of sp³-hybridized carbons (Fsp3) is 0.481. The maximum Gasteiger partial charge on any atom is 0.328 e. The quantitative estimate of drug-likeness (QED) is 0.146. The third-order valence-electron chi connectivity index (χ3n) is 7.56. The molecular weight excluding hydrogens is 536 g/mol. The van der Waals surface area contributed by atoms with E-state index in [9.17, 15) is 22.8 Å². The van der Waals surface area contributed by atoms with Gasteiger partial charge in [0.15, 0.2) is 5.96 Å². The minimum absolute atomic E-state index is 0.0120. The summed E-state index contributed by atoms with van der Waals surface area (Å²) in [7, 11) is -2.82. The van der Waals surface area contributed by atoms with E-state index in [4.69, 9.17) is 15.9 Å². The van der Waals surface area contributed by atoms with Gasteiger partial charge >= 0.3 is 5.97 Å². The summed E-state index contributed by atoms with van der Waals surface area (Å²) >= 11 is 0. The third kappa shape index (κ3) is 6.70. The van der Waals surface area contributed by atoms with Gasteiger partial charge in [-0.3, -0.25) is 15.0 Å². The van der Waals surface area contributed by atoms with Crippen LogP contribution in [0.3, 0.4) is 0 Å². The Bertz CT molecular complexity index is 1380. The summed E-state index contributed by atoms with van der Waals surface area (Å²) < 4.78 is 33.7. The van der Waals surface area contributed by atoms with Gasteiger partial charge < -0.3 is 25.6 Å². The van der Waals surface area contributed by atoms with Crippen molar-refractivity contribution in [3.05, 3.63) is 42.5 Å². The van der Waals surface area contributed by atoms with Crippen LogP contribution < -0.4 is 15.8 Å². The molecule has 0 bridgehead atoms. The number of nitrogens with two attached hydrogens (primary N) is 1. The van der Waals surface area contributed by atoms with Gasteiger partial charge in [-0.15, -0.1) is 0 Å². The molecule has 3 atom stereocenters. The number of hydrogen-bond donors (Lipinski definition) is 4. The number of carbonyl (C=O) groups excluding carboxylic acids is 3. The molecule has 2 aliphatic heterocycles. The fourth-order valence-corrected chi connectivity index (χ4v) is 6.42. The zero-order chi connectivity index (χ0) is 28.9. The number of sulfonamides is 1. The third-order valence-corrected chi connectivity index (χ3v) is 8.98. The molecule has 40 heavy (non-hydrogen) atoms. The number of nitrogens with one attached hydrogen (secondary N) is 3. The predicted molar refractivity (Wildman–Crippen MR) is 149 cm³/mol. The lowest BCUT2D eigenvalue weighted by molar-refractivity contribution is -0.154. The molecule has 12 nitrogen and oxygen atoms in total. The molecule has 0 saturated carbocycles. The fourth-order valence-electron chi connectivity index (χ4n) is 5.33. The number of ether oxygens (including phenoxy) is 1. The highest BCUT2D eigenvalue weighted by atomic mass is 32.2. The van der Waals surface area contributed by atoms with Crippen LogP contribution in [-0.4, -0.2) is 87.8 Å². The summed E-state index contributed by atoms with van der Waals surface area (Å²) in [6, 6.07) is 11.2. The molecule has 0 spiro atoms. The maximum atomic E-state index is 13.6. The van der Waals surface area contributed by atoms with E-state index in [-0.39, 0.29) is 29.9 Å². The van der Waals surface area contributed by atoms with Crippen molar-refractivity contribution in [1.82, 2.24) is 19.8 Å². The van der Waals surface area contributed by atoms with E-state index in [0.29, 0.717) is 25.9 Å². The van der Waals surface area contributed by atoms with E-state index >= 15 is 0 Å². The Morgan fingerprint density at radius 1 is 1.10 bits per heavy atom. The van der Waals surface area contributed by atoms with Gasteiger partial charge in [-0.1, -0.05) is 30.3 Å². The van der Waals surface area contributed by atoms with Crippen LogP contribution in [0.2, 0.25) is 0 Å². The average Bonchev–Trinajstić information content (AvgIpc) is 3.45. The summed E-state index contributed by atoms with van der Waals surface area (Å²) in [6.45, 7) is 1.19. The van der Waals surface area contributed by atoms with Gasteiger partial charge in [-0.2, -0.15) is 0 Å². The lowest BCUT2D eigenvalue weighted by atomic mass is 9.97. The van der Waals surface area contributed by atoms with Crippen molar-refractivity contribution in [2.45, 2.75) is 36.6 Å². The number of nitrogens with zero attached hydrogens (tertiary/aromatic N) is 2. The second-order valence-corrected chi connectivity index (χ2v) is 12.0. The summed E-state index contributed by atoms with van der Waals surface area (Å²) in [6.07, 6.45) is 2.58. The number of rotatable bonds is 9. The first-order chi connectivity index (χ1) is 19.1. The summed E-state index contributed by atoms with van der Waals surface area (Å²) in [4.78, 5) is 42.3. The Kier molecular flexibility index (Phi) is 9.25. The molecule has 2 amide bonds. The van der Waals surface area contributed by atoms with Gasteiger partial charge in [-0.05, 0) is 54.5 Å². The van der Waals surface area contributed by atoms with E-state index < -0.39 is 46.3 Å². The van der Waals surface area contributed by atoms with Crippen LogP contribution >= 0.6 is 0 Å². The number of hydrogen-bond acceptors (Lipinski definition) is 7. The Balaban J connectivity index is 1.51. The van der Waals surface area contributed by atoms with Gasteiger partial charge in [0.05, 0.1) is 12.0 Å². The molecule has 1 unspecified atom stereocenters. The highest BCUT2D eigenvalue weighted by Gasteiger charge is 2.40. The van der Waals surface area contributed by atoms with Crippen molar-refractivity contribution in [3.63, 3.8) is 0 Å². The second-order valence-electron chi connectivity index (χ2n) is 10.2. The molecule has 0 radical (unpaired) electrons. The number of carbonyl (C=O) groups is 3. The zero-order valence-corrected chi connectivity index (χ0v) is 23.3. The monoisotopic (exact) mass is 572 g/mol. The largest absolute Gasteiger partial charge is 0.467 e. The number of guanidine groups is 1. The second kappa shape index (κ2) is 12.6. The number of piperidine rings is 1. The first kappa shape index (κ1) is 29.3. The van der Waals surface area contributed by atoms with Gasteiger partial charge in [0.25, 0.3) is 0 Å². The Labute approximate surface area is 233 Å². The van der Waals surface area contributed by atoms with Crippen molar-refractivity contribution in [1.29, 1.82) is 5.41 Å². The Morgan fingerprint density at radius 3 is 2.55 bits per heavy atom. The predicted octanol–water partition coefficient (Wildman–Crippen LogP) is 0.620. The standard InChI is InChI=1S/C27H36N6O6S/c1-39-26(36)23-9-5-13-33(23)25(35)22(24(34)30-15-18-6-4-12-32(17-18)27(28)29)16-31-40(37,38)21-11-10-19-7-2-3-8-20(19)14-21/h2-3,7-8,10-11,14,18,22-23,31H,4-6,9,12-13,15-17H2,1H3,(H3,28,29)(H,30,34)/t18?,22-,23+/m1/s1. The van der Waals surface area contributed by atoms with Crippen LogP contribution in [0.15, 0.2) is 47.4 Å². The van der Waals surface area contributed by atoms with Gasteiger partial charge in [0, 0.05) is 32.7 Å². The van der Waals surface area contributed by atoms with Crippen molar-refractivity contribution < 1.29 is 27.5 Å². The first-order valence-electron chi connectivity index (χ1n) is 13.3. The lowest BCUT2D eigenvalue weighted by Gasteiger charge is -2.33. The van der Waals surface area contributed by atoms with Crippen LogP contribution in [-0.2, 0) is 29.1 Å². The summed E-state index contributed by atoms with van der Waals surface area (Å²) in [5, 5.41) is 12.1. The lowest BCUT2D eigenvalue weighted by Crippen LogP contribution is -2.52. The smallest absolute Gasteiger partial charge is 0.328 e. The maximum absolute atomic E-state index is 13.6. The number of esters is 1. The van der Waals surface area contributed by atoms with Gasteiger partial charge in [0.1, 0.15) is 12.0 Å². The summed E-state index contributed by atoms with van der Waals surface area (Å²) in [5.41, 5.74) is 5.62. The highest BCUT2D eigenvalue weighted by molar-refractivity contribution is 7.89. The van der Waals surface area contributed by atoms with Crippen LogP contribution in [0.1, 0.15) is 25.7 Å². The SMILES string of the molecule is COC(=O)[C@@H]1CCCN1C(=O)[C@H](CNS(=O)(=O)c1ccc2ccccc2c1)C(=O)NCC1CCCN(C(=N)N)C1. The number of amides is 2. The zero-order valence-electron chi connectivity index (χ0n) is 22.5. The molecular formula is C27H36N6O6S. The topological polar surface area (TPSA) is 175 Å². The van der Waals surface area contributed by atoms with E-state index in [2.05, 4.69) is 10.0 Å². The van der Waals surface area contributed by atoms with E-state index in [0.717, 1.165) is 23.6 Å². The first-order valence-corrected chi connectivity index (χ1v) is 14.8. The van der Waals surface area contributed by atoms with Crippen LogP contribution in [0.5, 0.6) is 0 Å². The van der Waals surface area contributed by atoms with Crippen molar-refractivity contribution in [2.24, 2.45) is 17.6 Å². The van der Waals surface area contributed by atoms with Gasteiger partial charge in [0.2, 0.25) is 21.8 Å². The van der Waals surface area contributed by atoms with Crippen LogP contribution in [0, 0.1) is 17.2 Å². The van der Waals surface area contributed by atoms with E-state index in [1.165, 1.54) is 24.1 Å². The van der Waals surface area contributed by atoms with Crippen LogP contribution in [0.25, 0.3) is 10.8 Å². The van der Waals surface area contributed by atoms with Crippen LogP contribution in [0.4, 0.5) is 0 Å². The molecule has 2 aliphatic rings. The minimum atomic E-state index is -4.06. The number of methoxy groups -OCH3 is 1. The molecule has 2 aromatic carbocycles. The van der Waals surface area contributed by atoms with Crippen molar-refractivity contribution in [2.75, 3.05) is 39.8 Å². The highest BCUT2D eigenvalue weighted by Crippen LogP contribution is 2.23. The Hall–Kier alpha value is -3.71. The van der Waals surface area contributed by atoms with Crippen molar-refractivity contribution >= 4 is 44.5 Å². The Morgan fingerprint density at radius 2 is 1.82 bits per heavy atom. The number of fused-ring (bicyclic) bond motifs is 1. The molecule has 2 saturated heterocycles. The molecule has 2 aromatic rings. The van der Waals surface area contributed by atoms with Crippen molar-refractivity contribution in [3.8, 4) is 0 Å². The molecule has 0 aromatic heterocycles. The molecule has 13 heteroatoms. The molecule has 5 N–H and O–H groups in total. The summed E-state index contributed by atoms with van der Waals surface area (Å²) in [5.74, 6) is -3.26. The molecule has 216 valence electrons. The average molecular weight is 573 g/mol. The van der Waals surface area contributed by atoms with Gasteiger partial charge in [-0.25, -0.2) is 17.9 Å².